The first-order valence-electron chi connectivity index (χ1n) is 9.13. The van der Waals surface area contributed by atoms with Crippen LogP contribution in [0, 0.1) is 6.92 Å². The van der Waals surface area contributed by atoms with Gasteiger partial charge in [0, 0.05) is 33.9 Å². The molecule has 0 unspecified atom stereocenters. The first kappa shape index (κ1) is 20.7. The van der Waals surface area contributed by atoms with Crippen LogP contribution in [-0.4, -0.2) is 54.6 Å². The Labute approximate surface area is 161 Å². The standard InChI is InChI=1S/C19H30N6O2/c1-15-23-24-18(25(15)2)14-22-19(20-11-5-13-26-3)21-12-10-16-6-8-17(27-4)9-7-16/h6-9H,5,10-14H2,1-4H3,(H2,20,21,22). The molecular formula is C19H30N6O2. The van der Waals surface area contributed by atoms with E-state index < -0.39 is 0 Å². The van der Waals surface area contributed by atoms with Crippen LogP contribution >= 0.6 is 0 Å². The average Bonchev–Trinajstić information content (AvgIpc) is 3.01. The van der Waals surface area contributed by atoms with Crippen LogP contribution in [0.1, 0.15) is 23.6 Å². The molecule has 0 aliphatic heterocycles. The van der Waals surface area contributed by atoms with Crippen LogP contribution in [0.4, 0.5) is 0 Å². The number of aromatic nitrogens is 3. The van der Waals surface area contributed by atoms with Crippen molar-refractivity contribution in [3.63, 3.8) is 0 Å². The molecule has 1 aromatic carbocycles. The molecule has 0 spiro atoms. The maximum Gasteiger partial charge on any atom is 0.191 e. The van der Waals surface area contributed by atoms with Gasteiger partial charge >= 0.3 is 0 Å². The van der Waals surface area contributed by atoms with E-state index in [1.54, 1.807) is 14.2 Å². The predicted molar refractivity (Wildman–Crippen MR) is 106 cm³/mol. The predicted octanol–water partition coefficient (Wildman–Crippen LogP) is 1.45. The molecule has 27 heavy (non-hydrogen) atoms. The first-order chi connectivity index (χ1) is 13.1. The summed E-state index contributed by atoms with van der Waals surface area (Å²) in [7, 11) is 5.33. The molecule has 2 rings (SSSR count). The number of guanidine groups is 1. The second kappa shape index (κ2) is 11.2. The number of aryl methyl sites for hydroxylation is 1. The van der Waals surface area contributed by atoms with Gasteiger partial charge in [0.15, 0.2) is 11.8 Å². The minimum Gasteiger partial charge on any atom is -0.497 e. The van der Waals surface area contributed by atoms with Gasteiger partial charge in [-0.25, -0.2) is 4.99 Å². The Balaban J connectivity index is 1.89. The van der Waals surface area contributed by atoms with Crippen molar-refractivity contribution in [3.8, 4) is 5.75 Å². The van der Waals surface area contributed by atoms with Gasteiger partial charge in [-0.05, 0) is 37.5 Å². The van der Waals surface area contributed by atoms with E-state index >= 15 is 0 Å². The molecule has 1 heterocycles. The average molecular weight is 374 g/mol. The zero-order valence-corrected chi connectivity index (χ0v) is 16.7. The molecule has 0 aliphatic rings. The third kappa shape index (κ3) is 6.90. The highest BCUT2D eigenvalue weighted by molar-refractivity contribution is 5.79. The van der Waals surface area contributed by atoms with Crippen molar-refractivity contribution >= 4 is 5.96 Å². The van der Waals surface area contributed by atoms with E-state index in [1.165, 1.54) is 5.56 Å². The second-order valence-electron chi connectivity index (χ2n) is 6.19. The minimum absolute atomic E-state index is 0.472. The van der Waals surface area contributed by atoms with Crippen LogP contribution < -0.4 is 15.4 Å². The number of rotatable bonds is 10. The molecule has 8 nitrogen and oxygen atoms in total. The minimum atomic E-state index is 0.472. The molecule has 0 bridgehead atoms. The summed E-state index contributed by atoms with van der Waals surface area (Å²) < 4.78 is 12.2. The molecule has 2 N–H and O–H groups in total. The number of ether oxygens (including phenoxy) is 2. The molecule has 0 saturated carbocycles. The van der Waals surface area contributed by atoms with Crippen LogP contribution in [0.15, 0.2) is 29.3 Å². The molecule has 0 radical (unpaired) electrons. The van der Waals surface area contributed by atoms with Crippen molar-refractivity contribution in [1.82, 2.24) is 25.4 Å². The Morgan fingerprint density at radius 1 is 1.11 bits per heavy atom. The highest BCUT2D eigenvalue weighted by Crippen LogP contribution is 2.11. The number of hydrogen-bond donors (Lipinski definition) is 2. The Morgan fingerprint density at radius 2 is 1.85 bits per heavy atom. The number of aliphatic imine (C=N–C) groups is 1. The highest BCUT2D eigenvalue weighted by Gasteiger charge is 2.05. The highest BCUT2D eigenvalue weighted by atomic mass is 16.5. The molecule has 0 fully saturated rings. The maximum atomic E-state index is 5.19. The third-order valence-electron chi connectivity index (χ3n) is 4.24. The first-order valence-corrected chi connectivity index (χ1v) is 9.13. The summed E-state index contributed by atoms with van der Waals surface area (Å²) in [4.78, 5) is 4.63. The van der Waals surface area contributed by atoms with Gasteiger partial charge in [-0.3, -0.25) is 0 Å². The number of nitrogens with zero attached hydrogens (tertiary/aromatic N) is 4. The summed E-state index contributed by atoms with van der Waals surface area (Å²) in [6.45, 7) is 4.69. The quantitative estimate of drug-likeness (QED) is 0.372. The summed E-state index contributed by atoms with van der Waals surface area (Å²) in [5.41, 5.74) is 1.24. The fourth-order valence-corrected chi connectivity index (χ4v) is 2.45. The second-order valence-corrected chi connectivity index (χ2v) is 6.19. The van der Waals surface area contributed by atoms with Crippen LogP contribution in [0.3, 0.4) is 0 Å². The lowest BCUT2D eigenvalue weighted by Gasteiger charge is -2.13. The number of methoxy groups -OCH3 is 2. The zero-order chi connectivity index (χ0) is 19.5. The number of benzene rings is 1. The van der Waals surface area contributed by atoms with Crippen molar-refractivity contribution in [2.24, 2.45) is 12.0 Å². The Bertz CT molecular complexity index is 711. The van der Waals surface area contributed by atoms with Gasteiger partial charge in [0.05, 0.1) is 7.11 Å². The molecule has 0 saturated heterocycles. The van der Waals surface area contributed by atoms with Crippen molar-refractivity contribution < 1.29 is 9.47 Å². The lowest BCUT2D eigenvalue weighted by Crippen LogP contribution is -2.39. The third-order valence-corrected chi connectivity index (χ3v) is 4.24. The van der Waals surface area contributed by atoms with Gasteiger partial charge in [0.2, 0.25) is 0 Å². The number of nitrogens with one attached hydrogen (secondary N) is 2. The topological polar surface area (TPSA) is 85.6 Å². The SMILES string of the molecule is COCCCNC(=NCc1nnc(C)n1C)NCCc1ccc(OC)cc1. The molecule has 0 amide bonds. The largest absolute Gasteiger partial charge is 0.497 e. The van der Waals surface area contributed by atoms with E-state index in [-0.39, 0.29) is 0 Å². The van der Waals surface area contributed by atoms with Crippen LogP contribution in [0.25, 0.3) is 0 Å². The Kier molecular flexibility index (Phi) is 8.57. The fraction of sp³-hybridized carbons (Fsp3) is 0.526. The molecule has 1 aromatic heterocycles. The van der Waals surface area contributed by atoms with Crippen molar-refractivity contribution in [2.45, 2.75) is 26.3 Å². The molecule has 0 atom stereocenters. The summed E-state index contributed by atoms with van der Waals surface area (Å²) in [5.74, 6) is 3.34. The number of hydrogen-bond acceptors (Lipinski definition) is 5. The Morgan fingerprint density at radius 3 is 2.48 bits per heavy atom. The zero-order valence-electron chi connectivity index (χ0n) is 16.7. The lowest BCUT2D eigenvalue weighted by molar-refractivity contribution is 0.195. The molecule has 8 heteroatoms. The van der Waals surface area contributed by atoms with Gasteiger partial charge in [-0.15, -0.1) is 10.2 Å². The Hall–Kier alpha value is -2.61. The summed E-state index contributed by atoms with van der Waals surface area (Å²) in [6.07, 6.45) is 1.81. The summed E-state index contributed by atoms with van der Waals surface area (Å²) in [6, 6.07) is 8.10. The van der Waals surface area contributed by atoms with E-state index in [0.29, 0.717) is 13.2 Å². The van der Waals surface area contributed by atoms with E-state index in [4.69, 9.17) is 9.47 Å². The summed E-state index contributed by atoms with van der Waals surface area (Å²) >= 11 is 0. The van der Waals surface area contributed by atoms with Crippen LogP contribution in [0.2, 0.25) is 0 Å². The molecule has 148 valence electrons. The molecular weight excluding hydrogens is 344 g/mol. The van der Waals surface area contributed by atoms with Gasteiger partial charge in [0.1, 0.15) is 18.1 Å². The van der Waals surface area contributed by atoms with Crippen LogP contribution in [0.5, 0.6) is 5.75 Å². The van der Waals surface area contributed by atoms with Crippen LogP contribution in [-0.2, 0) is 24.8 Å². The smallest absolute Gasteiger partial charge is 0.191 e. The lowest BCUT2D eigenvalue weighted by atomic mass is 10.1. The van der Waals surface area contributed by atoms with Gasteiger partial charge in [-0.1, -0.05) is 12.1 Å². The fourth-order valence-electron chi connectivity index (χ4n) is 2.45. The van der Waals surface area contributed by atoms with E-state index in [2.05, 4.69) is 38.0 Å². The van der Waals surface area contributed by atoms with Gasteiger partial charge < -0.3 is 24.7 Å². The van der Waals surface area contributed by atoms with Gasteiger partial charge in [0.25, 0.3) is 0 Å². The van der Waals surface area contributed by atoms with E-state index in [0.717, 1.165) is 49.3 Å². The van der Waals surface area contributed by atoms with E-state index in [1.807, 2.05) is 30.7 Å². The molecule has 2 aromatic rings. The van der Waals surface area contributed by atoms with Crippen molar-refractivity contribution in [1.29, 1.82) is 0 Å². The van der Waals surface area contributed by atoms with Gasteiger partial charge in [-0.2, -0.15) is 0 Å². The van der Waals surface area contributed by atoms with Crippen molar-refractivity contribution in [2.75, 3.05) is 33.9 Å². The van der Waals surface area contributed by atoms with E-state index in [9.17, 15) is 0 Å². The maximum absolute atomic E-state index is 5.19. The monoisotopic (exact) mass is 374 g/mol. The normalized spacial score (nSPS) is 11.5. The van der Waals surface area contributed by atoms with Crippen molar-refractivity contribution in [3.05, 3.63) is 41.5 Å². The summed E-state index contributed by atoms with van der Waals surface area (Å²) in [5, 5.41) is 14.9. The molecule has 0 aliphatic carbocycles.